The van der Waals surface area contributed by atoms with Crippen molar-refractivity contribution in [3.05, 3.63) is 64.3 Å². The van der Waals surface area contributed by atoms with Gasteiger partial charge < -0.3 is 25.1 Å². The summed E-state index contributed by atoms with van der Waals surface area (Å²) in [5, 5.41) is 15.1. The average molecular weight is 381 g/mol. The molecule has 3 aromatic rings. The normalized spacial score (nSPS) is 15.6. The van der Waals surface area contributed by atoms with E-state index < -0.39 is 0 Å². The Labute approximate surface area is 162 Å². The van der Waals surface area contributed by atoms with Crippen LogP contribution >= 0.6 is 0 Å². The smallest absolute Gasteiger partial charge is 0.372 e. The SMILES string of the molecule is COc1ccc([C@@H](CN2CCCC2)Nc2nc3ccccn3c2[N+](=O)[O-])cc1. The first-order valence-electron chi connectivity index (χ1n) is 9.40. The quantitative estimate of drug-likeness (QED) is 0.498. The van der Waals surface area contributed by atoms with Crippen LogP contribution in [0.1, 0.15) is 24.4 Å². The van der Waals surface area contributed by atoms with Crippen LogP contribution in [0.3, 0.4) is 0 Å². The Morgan fingerprint density at radius 2 is 1.96 bits per heavy atom. The zero-order chi connectivity index (χ0) is 19.5. The Morgan fingerprint density at radius 1 is 1.21 bits per heavy atom. The fourth-order valence-electron chi connectivity index (χ4n) is 3.71. The fourth-order valence-corrected chi connectivity index (χ4v) is 3.71. The van der Waals surface area contributed by atoms with Crippen molar-refractivity contribution in [2.45, 2.75) is 18.9 Å². The highest BCUT2D eigenvalue weighted by Crippen LogP contribution is 2.30. The number of nitrogens with zero attached hydrogens (tertiary/aromatic N) is 4. The summed E-state index contributed by atoms with van der Waals surface area (Å²) in [7, 11) is 1.63. The molecule has 8 nitrogen and oxygen atoms in total. The minimum Gasteiger partial charge on any atom is -0.497 e. The van der Waals surface area contributed by atoms with Crippen LogP contribution in [-0.4, -0.2) is 46.0 Å². The maximum absolute atomic E-state index is 11.7. The van der Waals surface area contributed by atoms with E-state index in [-0.39, 0.29) is 22.6 Å². The zero-order valence-electron chi connectivity index (χ0n) is 15.7. The van der Waals surface area contributed by atoms with Crippen molar-refractivity contribution < 1.29 is 9.66 Å². The second-order valence-corrected chi connectivity index (χ2v) is 6.95. The van der Waals surface area contributed by atoms with E-state index in [0.29, 0.717) is 5.65 Å². The van der Waals surface area contributed by atoms with Gasteiger partial charge in [0.25, 0.3) is 0 Å². The number of rotatable bonds is 7. The van der Waals surface area contributed by atoms with E-state index in [1.807, 2.05) is 30.3 Å². The summed E-state index contributed by atoms with van der Waals surface area (Å²) in [6, 6.07) is 13.0. The standard InChI is InChI=1S/C20H23N5O3/c1-28-16-9-7-15(8-10-16)17(14-23-11-4-5-12-23)21-19-20(25(26)27)24-13-3-2-6-18(24)22-19/h2-3,6-10,13,17,21H,4-5,11-12,14H2,1H3/t17-/m1/s1. The molecule has 1 N–H and O–H groups in total. The highest BCUT2D eigenvalue weighted by molar-refractivity contribution is 5.63. The third-order valence-corrected chi connectivity index (χ3v) is 5.15. The minimum atomic E-state index is -0.386. The summed E-state index contributed by atoms with van der Waals surface area (Å²) in [6.45, 7) is 2.85. The summed E-state index contributed by atoms with van der Waals surface area (Å²) in [4.78, 5) is 18.2. The Hall–Kier alpha value is -3.13. The molecule has 0 amide bonds. The second kappa shape index (κ2) is 7.85. The Morgan fingerprint density at radius 3 is 2.64 bits per heavy atom. The van der Waals surface area contributed by atoms with Crippen molar-refractivity contribution in [2.24, 2.45) is 0 Å². The van der Waals surface area contributed by atoms with Crippen molar-refractivity contribution in [3.8, 4) is 5.75 Å². The molecule has 0 spiro atoms. The Balaban J connectivity index is 1.69. The lowest BCUT2D eigenvalue weighted by Crippen LogP contribution is -2.29. The molecule has 1 saturated heterocycles. The van der Waals surface area contributed by atoms with Gasteiger partial charge in [0.15, 0.2) is 0 Å². The Bertz CT molecular complexity index is 964. The second-order valence-electron chi connectivity index (χ2n) is 6.95. The maximum atomic E-state index is 11.7. The van der Waals surface area contributed by atoms with Gasteiger partial charge in [-0.15, -0.1) is 0 Å². The molecule has 0 aliphatic carbocycles. The van der Waals surface area contributed by atoms with E-state index in [9.17, 15) is 10.1 Å². The van der Waals surface area contributed by atoms with Crippen LogP contribution in [-0.2, 0) is 0 Å². The highest BCUT2D eigenvalue weighted by atomic mass is 16.6. The van der Waals surface area contributed by atoms with Crippen molar-refractivity contribution >= 4 is 17.3 Å². The van der Waals surface area contributed by atoms with Crippen molar-refractivity contribution in [3.63, 3.8) is 0 Å². The van der Waals surface area contributed by atoms with Crippen molar-refractivity contribution in [2.75, 3.05) is 32.1 Å². The summed E-state index contributed by atoms with van der Waals surface area (Å²) < 4.78 is 6.76. The molecule has 0 radical (unpaired) electrons. The summed E-state index contributed by atoms with van der Waals surface area (Å²) in [5.74, 6) is 1.02. The van der Waals surface area contributed by atoms with Crippen LogP contribution in [0, 0.1) is 10.1 Å². The number of imidazole rings is 1. The van der Waals surface area contributed by atoms with Crippen LogP contribution in [0.4, 0.5) is 11.6 Å². The van der Waals surface area contributed by atoms with Gasteiger partial charge in [0, 0.05) is 12.6 Å². The predicted molar refractivity (Wildman–Crippen MR) is 107 cm³/mol. The van der Waals surface area contributed by atoms with Gasteiger partial charge in [0.05, 0.1) is 19.3 Å². The van der Waals surface area contributed by atoms with E-state index in [2.05, 4.69) is 15.2 Å². The molecule has 1 aliphatic heterocycles. The number of likely N-dealkylation sites (tertiary alicyclic amines) is 1. The number of hydrogen-bond acceptors (Lipinski definition) is 6. The van der Waals surface area contributed by atoms with E-state index in [0.717, 1.165) is 30.9 Å². The van der Waals surface area contributed by atoms with E-state index in [1.165, 1.54) is 17.2 Å². The molecule has 4 rings (SSSR count). The minimum absolute atomic E-state index is 0.0458. The predicted octanol–water partition coefficient (Wildman–Crippen LogP) is 3.50. The molecule has 28 heavy (non-hydrogen) atoms. The third kappa shape index (κ3) is 3.63. The molecular weight excluding hydrogens is 358 g/mol. The van der Waals surface area contributed by atoms with Gasteiger partial charge in [-0.1, -0.05) is 18.2 Å². The molecule has 3 heterocycles. The lowest BCUT2D eigenvalue weighted by Gasteiger charge is -2.25. The van der Waals surface area contributed by atoms with E-state index in [4.69, 9.17) is 4.74 Å². The number of nitrogens with one attached hydrogen (secondary N) is 1. The van der Waals surface area contributed by atoms with Crippen molar-refractivity contribution in [1.29, 1.82) is 0 Å². The first-order chi connectivity index (χ1) is 13.7. The fraction of sp³-hybridized carbons (Fsp3) is 0.350. The lowest BCUT2D eigenvalue weighted by atomic mass is 10.1. The molecule has 1 atom stereocenters. The van der Waals surface area contributed by atoms with Crippen LogP contribution in [0.5, 0.6) is 5.75 Å². The third-order valence-electron chi connectivity index (χ3n) is 5.15. The number of aromatic nitrogens is 2. The molecule has 0 bridgehead atoms. The largest absolute Gasteiger partial charge is 0.497 e. The van der Waals surface area contributed by atoms with Crippen LogP contribution in [0.15, 0.2) is 48.7 Å². The van der Waals surface area contributed by atoms with Crippen LogP contribution in [0.25, 0.3) is 5.65 Å². The number of nitro groups is 1. The van der Waals surface area contributed by atoms with Crippen LogP contribution in [0.2, 0.25) is 0 Å². The molecule has 146 valence electrons. The van der Waals surface area contributed by atoms with Gasteiger partial charge in [0.2, 0.25) is 11.5 Å². The van der Waals surface area contributed by atoms with Gasteiger partial charge >= 0.3 is 5.82 Å². The molecule has 1 aliphatic rings. The monoisotopic (exact) mass is 381 g/mol. The number of hydrogen-bond donors (Lipinski definition) is 1. The average Bonchev–Trinajstić information content (AvgIpc) is 3.34. The molecule has 1 aromatic carbocycles. The highest BCUT2D eigenvalue weighted by Gasteiger charge is 2.26. The summed E-state index contributed by atoms with van der Waals surface area (Å²) in [5.41, 5.74) is 1.59. The molecule has 2 aromatic heterocycles. The number of fused-ring (bicyclic) bond motifs is 1. The number of methoxy groups -OCH3 is 1. The molecule has 0 unspecified atom stereocenters. The van der Waals surface area contributed by atoms with Gasteiger partial charge in [0.1, 0.15) is 5.75 Å². The Kier molecular flexibility index (Phi) is 5.12. The molecule has 8 heteroatoms. The zero-order valence-corrected chi connectivity index (χ0v) is 15.7. The van der Waals surface area contributed by atoms with Gasteiger partial charge in [-0.05, 0) is 54.6 Å². The summed E-state index contributed by atoms with van der Waals surface area (Å²) in [6.07, 6.45) is 4.03. The lowest BCUT2D eigenvalue weighted by molar-refractivity contribution is -0.389. The first-order valence-corrected chi connectivity index (χ1v) is 9.40. The van der Waals surface area contributed by atoms with Gasteiger partial charge in [-0.25, -0.2) is 0 Å². The number of pyridine rings is 1. The topological polar surface area (TPSA) is 84.9 Å². The summed E-state index contributed by atoms with van der Waals surface area (Å²) >= 11 is 0. The molecule has 1 fully saturated rings. The van der Waals surface area contributed by atoms with Crippen LogP contribution < -0.4 is 10.1 Å². The van der Waals surface area contributed by atoms with Gasteiger partial charge in [-0.3, -0.25) is 0 Å². The molecule has 0 saturated carbocycles. The van der Waals surface area contributed by atoms with Gasteiger partial charge in [-0.2, -0.15) is 9.38 Å². The van der Waals surface area contributed by atoms with E-state index in [1.54, 1.807) is 25.4 Å². The van der Waals surface area contributed by atoms with E-state index >= 15 is 0 Å². The van der Waals surface area contributed by atoms with Crippen molar-refractivity contribution in [1.82, 2.24) is 14.3 Å². The maximum Gasteiger partial charge on any atom is 0.372 e. The molecular formula is C20H23N5O3. The number of anilines is 1. The first kappa shape index (κ1) is 18.2. The number of ether oxygens (including phenoxy) is 1. The number of benzene rings is 1.